The minimum atomic E-state index is -0.189. The van der Waals surface area contributed by atoms with Gasteiger partial charge in [0, 0.05) is 25.7 Å². The summed E-state index contributed by atoms with van der Waals surface area (Å²) in [4.78, 5) is 13.4. The molecule has 1 fully saturated rings. The minimum absolute atomic E-state index is 0. The number of ether oxygens (including phenoxy) is 2. The Hall–Kier alpha value is -1.46. The zero-order chi connectivity index (χ0) is 15.1. The molecule has 22 heavy (non-hydrogen) atoms. The molecule has 1 N–H and O–H groups in total. The first kappa shape index (κ1) is 18.6. The predicted molar refractivity (Wildman–Crippen MR) is 88.7 cm³/mol. The Morgan fingerprint density at radius 3 is 2.45 bits per heavy atom. The first-order valence-electron chi connectivity index (χ1n) is 7.51. The maximum atomic E-state index is 11.6. The molecule has 1 aliphatic heterocycles. The highest BCUT2D eigenvalue weighted by Gasteiger charge is 2.22. The van der Waals surface area contributed by atoms with Crippen LogP contribution in [0, 0.1) is 0 Å². The highest BCUT2D eigenvalue weighted by Crippen LogP contribution is 2.14. The number of piperidine rings is 1. The molecule has 1 saturated heterocycles. The standard InChI is InChI=1S/C16H24N2O3.ClH/c1-3-21-16(19)18-10-8-14(9-11-18)17-12-13-4-6-15(20-2)7-5-13;/h4-7,14,17H,3,8-12H2,1-2H3;1H. The van der Waals surface area contributed by atoms with Gasteiger partial charge in [-0.2, -0.15) is 0 Å². The van der Waals surface area contributed by atoms with E-state index in [0.29, 0.717) is 12.6 Å². The van der Waals surface area contributed by atoms with Crippen LogP contribution >= 0.6 is 12.4 Å². The molecule has 1 aromatic rings. The van der Waals surface area contributed by atoms with Gasteiger partial charge in [-0.1, -0.05) is 12.1 Å². The summed E-state index contributed by atoms with van der Waals surface area (Å²) in [6.07, 6.45) is 1.75. The molecule has 0 atom stereocenters. The van der Waals surface area contributed by atoms with Crippen LogP contribution in [-0.4, -0.2) is 43.8 Å². The molecule has 1 heterocycles. The highest BCUT2D eigenvalue weighted by atomic mass is 35.5. The Labute approximate surface area is 138 Å². The van der Waals surface area contributed by atoms with Crippen LogP contribution in [0.25, 0.3) is 0 Å². The van der Waals surface area contributed by atoms with E-state index in [1.807, 2.05) is 19.1 Å². The zero-order valence-electron chi connectivity index (χ0n) is 13.2. The van der Waals surface area contributed by atoms with Crippen molar-refractivity contribution in [2.24, 2.45) is 0 Å². The van der Waals surface area contributed by atoms with Gasteiger partial charge in [0.2, 0.25) is 0 Å². The van der Waals surface area contributed by atoms with Crippen molar-refractivity contribution < 1.29 is 14.3 Å². The minimum Gasteiger partial charge on any atom is -0.497 e. The number of hydrogen-bond donors (Lipinski definition) is 1. The zero-order valence-corrected chi connectivity index (χ0v) is 14.0. The number of halogens is 1. The van der Waals surface area contributed by atoms with Crippen molar-refractivity contribution in [3.05, 3.63) is 29.8 Å². The molecule has 1 aromatic carbocycles. The molecule has 0 aliphatic carbocycles. The van der Waals surface area contributed by atoms with Crippen LogP contribution in [0.2, 0.25) is 0 Å². The van der Waals surface area contributed by atoms with Gasteiger partial charge in [0.15, 0.2) is 0 Å². The Balaban J connectivity index is 0.00000242. The first-order chi connectivity index (χ1) is 10.2. The third-order valence-corrected chi connectivity index (χ3v) is 3.77. The summed E-state index contributed by atoms with van der Waals surface area (Å²) in [5.41, 5.74) is 1.24. The maximum Gasteiger partial charge on any atom is 0.409 e. The van der Waals surface area contributed by atoms with Crippen LogP contribution in [-0.2, 0) is 11.3 Å². The van der Waals surface area contributed by atoms with Crippen LogP contribution in [0.15, 0.2) is 24.3 Å². The van der Waals surface area contributed by atoms with Crippen molar-refractivity contribution in [1.29, 1.82) is 0 Å². The Morgan fingerprint density at radius 2 is 1.91 bits per heavy atom. The lowest BCUT2D eigenvalue weighted by atomic mass is 10.0. The fourth-order valence-corrected chi connectivity index (χ4v) is 2.49. The van der Waals surface area contributed by atoms with Gasteiger partial charge in [-0.3, -0.25) is 0 Å². The number of nitrogens with one attached hydrogen (secondary N) is 1. The van der Waals surface area contributed by atoms with E-state index in [9.17, 15) is 4.79 Å². The fourth-order valence-electron chi connectivity index (χ4n) is 2.49. The fraction of sp³-hybridized carbons (Fsp3) is 0.562. The average molecular weight is 329 g/mol. The van der Waals surface area contributed by atoms with Crippen molar-refractivity contribution in [3.63, 3.8) is 0 Å². The molecule has 6 heteroatoms. The van der Waals surface area contributed by atoms with Crippen LogP contribution < -0.4 is 10.1 Å². The average Bonchev–Trinajstić information content (AvgIpc) is 2.54. The summed E-state index contributed by atoms with van der Waals surface area (Å²) in [6, 6.07) is 8.54. The molecule has 0 bridgehead atoms. The lowest BCUT2D eigenvalue weighted by molar-refractivity contribution is 0.0950. The summed E-state index contributed by atoms with van der Waals surface area (Å²) in [5, 5.41) is 3.55. The second-order valence-electron chi connectivity index (χ2n) is 5.19. The summed E-state index contributed by atoms with van der Waals surface area (Å²) < 4.78 is 10.2. The SMILES string of the molecule is CCOC(=O)N1CCC(NCc2ccc(OC)cc2)CC1.Cl. The van der Waals surface area contributed by atoms with E-state index in [4.69, 9.17) is 9.47 Å². The van der Waals surface area contributed by atoms with Gasteiger partial charge in [0.25, 0.3) is 0 Å². The van der Waals surface area contributed by atoms with E-state index >= 15 is 0 Å². The second-order valence-corrected chi connectivity index (χ2v) is 5.19. The Kier molecular flexibility index (Phi) is 8.06. The molecule has 124 valence electrons. The number of nitrogens with zero attached hydrogens (tertiary/aromatic N) is 1. The van der Waals surface area contributed by atoms with E-state index in [1.54, 1.807) is 12.0 Å². The van der Waals surface area contributed by atoms with Crippen molar-refractivity contribution in [1.82, 2.24) is 10.2 Å². The molecular formula is C16H25ClN2O3. The summed E-state index contributed by atoms with van der Waals surface area (Å²) in [5.74, 6) is 0.876. The van der Waals surface area contributed by atoms with Gasteiger partial charge in [0.05, 0.1) is 13.7 Å². The Morgan fingerprint density at radius 1 is 1.27 bits per heavy atom. The molecule has 0 saturated carbocycles. The summed E-state index contributed by atoms with van der Waals surface area (Å²) >= 11 is 0. The van der Waals surface area contributed by atoms with Crippen LogP contribution in [0.3, 0.4) is 0 Å². The largest absolute Gasteiger partial charge is 0.497 e. The first-order valence-corrected chi connectivity index (χ1v) is 7.51. The molecule has 1 amide bonds. The highest BCUT2D eigenvalue weighted by molar-refractivity contribution is 5.85. The molecule has 0 spiro atoms. The van der Waals surface area contributed by atoms with E-state index in [2.05, 4.69) is 17.4 Å². The van der Waals surface area contributed by atoms with E-state index in [0.717, 1.165) is 38.2 Å². The quantitative estimate of drug-likeness (QED) is 0.903. The van der Waals surface area contributed by atoms with E-state index < -0.39 is 0 Å². The number of hydrogen-bond acceptors (Lipinski definition) is 4. The van der Waals surface area contributed by atoms with Gasteiger partial charge in [-0.25, -0.2) is 4.79 Å². The molecule has 0 aromatic heterocycles. The molecule has 0 radical (unpaired) electrons. The number of amides is 1. The monoisotopic (exact) mass is 328 g/mol. The third kappa shape index (κ3) is 5.39. The summed E-state index contributed by atoms with van der Waals surface area (Å²) in [7, 11) is 1.67. The number of carbonyl (C=O) groups is 1. The molecule has 2 rings (SSSR count). The van der Waals surface area contributed by atoms with E-state index in [-0.39, 0.29) is 18.5 Å². The summed E-state index contributed by atoms with van der Waals surface area (Å²) in [6.45, 7) is 4.64. The van der Waals surface area contributed by atoms with Crippen molar-refractivity contribution in [2.75, 3.05) is 26.8 Å². The van der Waals surface area contributed by atoms with Crippen LogP contribution in [0.1, 0.15) is 25.3 Å². The normalized spacial score (nSPS) is 15.1. The van der Waals surface area contributed by atoms with Gasteiger partial charge >= 0.3 is 6.09 Å². The van der Waals surface area contributed by atoms with Crippen molar-refractivity contribution in [2.45, 2.75) is 32.4 Å². The van der Waals surface area contributed by atoms with Crippen LogP contribution in [0.4, 0.5) is 4.79 Å². The number of carbonyl (C=O) groups excluding carboxylic acids is 1. The number of methoxy groups -OCH3 is 1. The second kappa shape index (κ2) is 9.54. The van der Waals surface area contributed by atoms with Crippen molar-refractivity contribution >= 4 is 18.5 Å². The van der Waals surface area contributed by atoms with Gasteiger partial charge in [-0.05, 0) is 37.5 Å². The molecule has 0 unspecified atom stereocenters. The van der Waals surface area contributed by atoms with Gasteiger partial charge in [-0.15, -0.1) is 12.4 Å². The van der Waals surface area contributed by atoms with Gasteiger partial charge in [0.1, 0.15) is 5.75 Å². The van der Waals surface area contributed by atoms with E-state index in [1.165, 1.54) is 5.56 Å². The lowest BCUT2D eigenvalue weighted by Gasteiger charge is -2.31. The molecule has 5 nitrogen and oxygen atoms in total. The Bertz CT molecular complexity index is 445. The number of likely N-dealkylation sites (tertiary alicyclic amines) is 1. The number of benzene rings is 1. The smallest absolute Gasteiger partial charge is 0.409 e. The predicted octanol–water partition coefficient (Wildman–Crippen LogP) is 2.83. The van der Waals surface area contributed by atoms with Crippen molar-refractivity contribution in [3.8, 4) is 5.75 Å². The van der Waals surface area contributed by atoms with Crippen LogP contribution in [0.5, 0.6) is 5.75 Å². The van der Waals surface area contributed by atoms with Gasteiger partial charge < -0.3 is 19.7 Å². The topological polar surface area (TPSA) is 50.8 Å². The number of rotatable bonds is 5. The lowest BCUT2D eigenvalue weighted by Crippen LogP contribution is -2.44. The molecule has 1 aliphatic rings. The molecular weight excluding hydrogens is 304 g/mol. The third-order valence-electron chi connectivity index (χ3n) is 3.77. The maximum absolute atomic E-state index is 11.6.